The van der Waals surface area contributed by atoms with Gasteiger partial charge in [0, 0.05) is 9.75 Å². The first-order chi connectivity index (χ1) is 12.4. The molecule has 0 amide bonds. The smallest absolute Gasteiger partial charge is 0.339 e. The number of methoxy groups -OCH3 is 1. The van der Waals surface area contributed by atoms with E-state index >= 15 is 0 Å². The molecular weight excluding hydrogens is 356 g/mol. The maximum Gasteiger partial charge on any atom is 0.339 e. The zero-order valence-corrected chi connectivity index (χ0v) is 15.2. The lowest BCUT2D eigenvalue weighted by Crippen LogP contribution is -2.15. The number of nitrogens with one attached hydrogen (secondary N) is 1. The van der Waals surface area contributed by atoms with E-state index in [-0.39, 0.29) is 23.6 Å². The Labute approximate surface area is 152 Å². The molecule has 26 heavy (non-hydrogen) atoms. The predicted molar refractivity (Wildman–Crippen MR) is 96.6 cm³/mol. The number of carbonyl (C=O) groups is 2. The zero-order valence-electron chi connectivity index (χ0n) is 14.4. The van der Waals surface area contributed by atoms with Crippen molar-refractivity contribution in [3.63, 3.8) is 0 Å². The number of fused-ring (bicyclic) bond motifs is 1. The number of rotatable bonds is 4. The van der Waals surface area contributed by atoms with Gasteiger partial charge < -0.3 is 14.5 Å². The van der Waals surface area contributed by atoms with Crippen LogP contribution in [0.15, 0.2) is 29.1 Å². The number of aryl methyl sites for hydroxylation is 2. The topological polar surface area (TPSA) is 98.4 Å². The molecule has 0 saturated carbocycles. The number of esters is 2. The minimum atomic E-state index is -0.523. The summed E-state index contributed by atoms with van der Waals surface area (Å²) in [5.41, 5.74) is 0.735. The third-order valence-electron chi connectivity index (χ3n) is 3.78. The molecule has 2 aromatic heterocycles. The molecule has 0 saturated heterocycles. The lowest BCUT2D eigenvalue weighted by atomic mass is 10.1. The first-order valence-electron chi connectivity index (χ1n) is 7.74. The van der Waals surface area contributed by atoms with Gasteiger partial charge in [-0.15, -0.1) is 11.3 Å². The number of hydrogen-bond donors (Lipinski definition) is 1. The molecule has 2 heterocycles. The summed E-state index contributed by atoms with van der Waals surface area (Å²) in [6.45, 7) is 3.58. The van der Waals surface area contributed by atoms with Gasteiger partial charge in [0.05, 0.1) is 29.1 Å². The quantitative estimate of drug-likeness (QED) is 0.707. The predicted octanol–water partition coefficient (Wildman–Crippen LogP) is 2.75. The van der Waals surface area contributed by atoms with Crippen LogP contribution in [0.4, 0.5) is 0 Å². The van der Waals surface area contributed by atoms with Gasteiger partial charge in [0.1, 0.15) is 12.4 Å². The molecule has 0 unspecified atom stereocenters. The summed E-state index contributed by atoms with van der Waals surface area (Å²) in [6.07, 6.45) is 0. The Balaban J connectivity index is 1.86. The monoisotopic (exact) mass is 372 g/mol. The van der Waals surface area contributed by atoms with E-state index in [0.717, 1.165) is 9.75 Å². The van der Waals surface area contributed by atoms with Crippen LogP contribution in [0, 0.1) is 13.8 Å². The standard InChI is InChI=1S/C18H16N2O5S/c1-9-6-13(10(2)26-9)18(23)25-8-15-19-14-7-11(17(22)24-3)4-5-12(14)16(21)20-15/h4-7H,8H2,1-3H3,(H,19,20,21). The summed E-state index contributed by atoms with van der Waals surface area (Å²) < 4.78 is 9.92. The number of nitrogens with zero attached hydrogens (tertiary/aromatic N) is 1. The molecule has 7 nitrogen and oxygen atoms in total. The highest BCUT2D eigenvalue weighted by Gasteiger charge is 2.15. The number of ether oxygens (including phenoxy) is 2. The van der Waals surface area contributed by atoms with Crippen LogP contribution in [0.5, 0.6) is 0 Å². The molecule has 0 radical (unpaired) electrons. The maximum absolute atomic E-state index is 12.2. The van der Waals surface area contributed by atoms with Crippen molar-refractivity contribution in [3.8, 4) is 0 Å². The Morgan fingerprint density at radius 3 is 2.62 bits per heavy atom. The first kappa shape index (κ1) is 17.8. The molecule has 0 aliphatic rings. The highest BCUT2D eigenvalue weighted by Crippen LogP contribution is 2.21. The third-order valence-corrected chi connectivity index (χ3v) is 4.74. The zero-order chi connectivity index (χ0) is 18.8. The van der Waals surface area contributed by atoms with Crippen LogP contribution in [0.3, 0.4) is 0 Å². The first-order valence-corrected chi connectivity index (χ1v) is 8.56. The molecule has 0 fully saturated rings. The van der Waals surface area contributed by atoms with E-state index in [4.69, 9.17) is 4.74 Å². The van der Waals surface area contributed by atoms with Crippen LogP contribution in [0.1, 0.15) is 36.3 Å². The summed E-state index contributed by atoms with van der Waals surface area (Å²) in [5.74, 6) is -0.800. The van der Waals surface area contributed by atoms with E-state index in [2.05, 4.69) is 14.7 Å². The fourth-order valence-corrected chi connectivity index (χ4v) is 3.46. The molecule has 0 aliphatic heterocycles. The van der Waals surface area contributed by atoms with Crippen LogP contribution in [-0.2, 0) is 16.1 Å². The second-order valence-corrected chi connectivity index (χ2v) is 7.10. The molecule has 3 rings (SSSR count). The van der Waals surface area contributed by atoms with E-state index in [9.17, 15) is 14.4 Å². The Kier molecular flexibility index (Phi) is 4.85. The SMILES string of the molecule is COC(=O)c1ccc2c(=O)[nH]c(COC(=O)c3cc(C)sc3C)nc2c1. The minimum Gasteiger partial charge on any atom is -0.465 e. The number of carbonyl (C=O) groups excluding carboxylic acids is 2. The van der Waals surface area contributed by atoms with Crippen molar-refractivity contribution in [2.24, 2.45) is 0 Å². The molecule has 1 N–H and O–H groups in total. The molecule has 8 heteroatoms. The van der Waals surface area contributed by atoms with Gasteiger partial charge in [-0.1, -0.05) is 0 Å². The van der Waals surface area contributed by atoms with Crippen molar-refractivity contribution < 1.29 is 19.1 Å². The van der Waals surface area contributed by atoms with Gasteiger partial charge in [0.2, 0.25) is 0 Å². The van der Waals surface area contributed by atoms with Crippen molar-refractivity contribution in [3.05, 3.63) is 61.3 Å². The van der Waals surface area contributed by atoms with Gasteiger partial charge in [-0.2, -0.15) is 0 Å². The third kappa shape index (κ3) is 3.50. The summed E-state index contributed by atoms with van der Waals surface area (Å²) in [4.78, 5) is 44.7. The Bertz CT molecular complexity index is 1070. The van der Waals surface area contributed by atoms with Gasteiger partial charge in [-0.05, 0) is 38.1 Å². The van der Waals surface area contributed by atoms with Crippen LogP contribution in [0.25, 0.3) is 10.9 Å². The number of aromatic nitrogens is 2. The van der Waals surface area contributed by atoms with E-state index in [1.54, 1.807) is 6.07 Å². The Morgan fingerprint density at radius 1 is 1.19 bits per heavy atom. The van der Waals surface area contributed by atoms with Crippen LogP contribution in [0.2, 0.25) is 0 Å². The van der Waals surface area contributed by atoms with Gasteiger partial charge >= 0.3 is 11.9 Å². The van der Waals surface area contributed by atoms with E-state index < -0.39 is 11.9 Å². The van der Waals surface area contributed by atoms with E-state index in [1.165, 1.54) is 36.6 Å². The summed E-state index contributed by atoms with van der Waals surface area (Å²) in [7, 11) is 1.27. The lowest BCUT2D eigenvalue weighted by molar-refractivity contribution is 0.0461. The molecule has 1 aromatic carbocycles. The van der Waals surface area contributed by atoms with Crippen LogP contribution >= 0.6 is 11.3 Å². The number of hydrogen-bond acceptors (Lipinski definition) is 7. The summed E-state index contributed by atoms with van der Waals surface area (Å²) in [6, 6.07) is 6.23. The molecule has 0 atom stereocenters. The Morgan fingerprint density at radius 2 is 1.96 bits per heavy atom. The average Bonchev–Trinajstić information content (AvgIpc) is 2.96. The molecule has 134 valence electrons. The van der Waals surface area contributed by atoms with Gasteiger partial charge in [0.25, 0.3) is 5.56 Å². The van der Waals surface area contributed by atoms with Crippen molar-refractivity contribution in [2.45, 2.75) is 20.5 Å². The molecule has 0 spiro atoms. The second-order valence-electron chi connectivity index (χ2n) is 5.64. The fraction of sp³-hybridized carbons (Fsp3) is 0.222. The minimum absolute atomic E-state index is 0.180. The van der Waals surface area contributed by atoms with Crippen molar-refractivity contribution in [1.82, 2.24) is 9.97 Å². The van der Waals surface area contributed by atoms with Crippen molar-refractivity contribution in [2.75, 3.05) is 7.11 Å². The summed E-state index contributed by atoms with van der Waals surface area (Å²) >= 11 is 1.51. The van der Waals surface area contributed by atoms with Gasteiger partial charge in [-0.25, -0.2) is 14.6 Å². The highest BCUT2D eigenvalue weighted by molar-refractivity contribution is 7.12. The molecule has 0 aliphatic carbocycles. The largest absolute Gasteiger partial charge is 0.465 e. The lowest BCUT2D eigenvalue weighted by Gasteiger charge is -2.06. The van der Waals surface area contributed by atoms with Crippen LogP contribution in [-0.4, -0.2) is 29.0 Å². The Hall–Kier alpha value is -3.00. The van der Waals surface area contributed by atoms with Gasteiger partial charge in [0.15, 0.2) is 0 Å². The highest BCUT2D eigenvalue weighted by atomic mass is 32.1. The number of benzene rings is 1. The molecule has 3 aromatic rings. The number of thiophene rings is 1. The number of aromatic amines is 1. The van der Waals surface area contributed by atoms with Crippen LogP contribution < -0.4 is 5.56 Å². The normalized spacial score (nSPS) is 10.7. The van der Waals surface area contributed by atoms with Gasteiger partial charge in [-0.3, -0.25) is 4.79 Å². The van der Waals surface area contributed by atoms with E-state index in [1.807, 2.05) is 13.8 Å². The van der Waals surface area contributed by atoms with E-state index in [0.29, 0.717) is 16.5 Å². The number of H-pyrrole nitrogens is 1. The second kappa shape index (κ2) is 7.09. The van der Waals surface area contributed by atoms with Crippen molar-refractivity contribution in [1.29, 1.82) is 0 Å². The average molecular weight is 372 g/mol. The van der Waals surface area contributed by atoms with Crippen molar-refractivity contribution >= 4 is 34.2 Å². The fourth-order valence-electron chi connectivity index (χ4n) is 2.55. The molecule has 0 bridgehead atoms. The summed E-state index contributed by atoms with van der Waals surface area (Å²) in [5, 5.41) is 0.331. The maximum atomic E-state index is 12.2. The molecular formula is C18H16N2O5S.